The molecule has 0 saturated heterocycles. The molecule has 1 aromatic carbocycles. The zero-order valence-electron chi connectivity index (χ0n) is 9.66. The summed E-state index contributed by atoms with van der Waals surface area (Å²) in [4.78, 5) is 22.4. The van der Waals surface area contributed by atoms with Crippen molar-refractivity contribution in [3.8, 4) is 0 Å². The predicted molar refractivity (Wildman–Crippen MR) is 64.7 cm³/mol. The van der Waals surface area contributed by atoms with Crippen molar-refractivity contribution in [1.82, 2.24) is 5.32 Å². The normalized spacial score (nSPS) is 12.7. The molecule has 0 bridgehead atoms. The molecule has 1 rings (SSSR count). The number of nitrogens with one attached hydrogen (secondary N) is 1. The van der Waals surface area contributed by atoms with Crippen molar-refractivity contribution < 1.29 is 23.1 Å². The number of carboxylic acids is 1. The van der Waals surface area contributed by atoms with E-state index in [1.807, 2.05) is 0 Å². The molecule has 0 aliphatic carbocycles. The van der Waals surface area contributed by atoms with Crippen LogP contribution in [0.5, 0.6) is 0 Å². The van der Waals surface area contributed by atoms with Gasteiger partial charge in [0.2, 0.25) is 5.91 Å². The van der Waals surface area contributed by atoms with E-state index in [9.17, 15) is 18.0 Å². The summed E-state index contributed by atoms with van der Waals surface area (Å²) in [6.45, 7) is 0. The van der Waals surface area contributed by atoms with Gasteiger partial charge in [0.15, 0.2) is 15.9 Å². The van der Waals surface area contributed by atoms with Gasteiger partial charge >= 0.3 is 5.97 Å². The molecule has 1 amide bonds. The highest BCUT2D eigenvalue weighted by molar-refractivity contribution is 7.91. The van der Waals surface area contributed by atoms with Gasteiger partial charge in [-0.2, -0.15) is 0 Å². The van der Waals surface area contributed by atoms with Gasteiger partial charge < -0.3 is 10.4 Å². The van der Waals surface area contributed by atoms with Crippen LogP contribution in [0.2, 0.25) is 0 Å². The van der Waals surface area contributed by atoms with Gasteiger partial charge in [-0.15, -0.1) is 0 Å². The van der Waals surface area contributed by atoms with E-state index in [1.165, 1.54) is 0 Å². The summed E-state index contributed by atoms with van der Waals surface area (Å²) < 4.78 is 21.8. The average molecular weight is 271 g/mol. The monoisotopic (exact) mass is 271 g/mol. The lowest BCUT2D eigenvalue weighted by atomic mass is 10.1. The SMILES string of the molecule is CS(=O)(=O)CC(=O)N[C@@H](C(=O)O)c1ccccc1. The molecule has 0 fully saturated rings. The maximum Gasteiger partial charge on any atom is 0.330 e. The summed E-state index contributed by atoms with van der Waals surface area (Å²) in [7, 11) is -3.48. The lowest BCUT2D eigenvalue weighted by Gasteiger charge is -2.14. The summed E-state index contributed by atoms with van der Waals surface area (Å²) in [6, 6.07) is 6.81. The minimum Gasteiger partial charge on any atom is -0.479 e. The number of hydrogen-bond acceptors (Lipinski definition) is 4. The molecule has 0 aliphatic heterocycles. The van der Waals surface area contributed by atoms with E-state index in [0.29, 0.717) is 5.56 Å². The first-order valence-electron chi connectivity index (χ1n) is 5.04. The average Bonchev–Trinajstić information content (AvgIpc) is 2.24. The van der Waals surface area contributed by atoms with Gasteiger partial charge in [-0.1, -0.05) is 30.3 Å². The minimum atomic E-state index is -3.48. The molecule has 2 N–H and O–H groups in total. The summed E-state index contributed by atoms with van der Waals surface area (Å²) in [5.41, 5.74) is 0.381. The van der Waals surface area contributed by atoms with Crippen LogP contribution in [-0.2, 0) is 19.4 Å². The summed E-state index contributed by atoms with van der Waals surface area (Å²) in [6.07, 6.45) is 0.908. The first-order valence-corrected chi connectivity index (χ1v) is 7.10. The van der Waals surface area contributed by atoms with Crippen molar-refractivity contribution in [1.29, 1.82) is 0 Å². The Balaban J connectivity index is 2.83. The molecule has 7 heteroatoms. The molecule has 98 valence electrons. The summed E-state index contributed by atoms with van der Waals surface area (Å²) >= 11 is 0. The molecule has 18 heavy (non-hydrogen) atoms. The van der Waals surface area contributed by atoms with Crippen LogP contribution in [0.3, 0.4) is 0 Å². The third-order valence-corrected chi connectivity index (χ3v) is 2.87. The molecular formula is C11H13NO5S. The third-order valence-electron chi connectivity index (χ3n) is 2.08. The Labute approximate surface area is 105 Å². The van der Waals surface area contributed by atoms with E-state index in [-0.39, 0.29) is 0 Å². The molecule has 0 heterocycles. The predicted octanol–water partition coefficient (Wildman–Crippen LogP) is -0.0269. The van der Waals surface area contributed by atoms with Crippen LogP contribution in [0.1, 0.15) is 11.6 Å². The van der Waals surface area contributed by atoms with E-state index >= 15 is 0 Å². The van der Waals surface area contributed by atoms with Crippen molar-refractivity contribution in [2.75, 3.05) is 12.0 Å². The van der Waals surface area contributed by atoms with E-state index in [1.54, 1.807) is 30.3 Å². The minimum absolute atomic E-state index is 0.381. The van der Waals surface area contributed by atoms with Gasteiger partial charge in [-0.3, -0.25) is 4.79 Å². The largest absolute Gasteiger partial charge is 0.479 e. The zero-order valence-corrected chi connectivity index (χ0v) is 10.5. The molecule has 0 aliphatic rings. The second-order valence-corrected chi connectivity index (χ2v) is 5.96. The molecule has 1 aromatic rings. The van der Waals surface area contributed by atoms with Crippen LogP contribution < -0.4 is 5.32 Å². The number of rotatable bonds is 5. The van der Waals surface area contributed by atoms with E-state index in [4.69, 9.17) is 5.11 Å². The molecule has 0 aromatic heterocycles. The van der Waals surface area contributed by atoms with Gasteiger partial charge in [0.05, 0.1) is 0 Å². The Kier molecular flexibility index (Phi) is 4.43. The van der Waals surface area contributed by atoms with Gasteiger partial charge in [0.1, 0.15) is 5.75 Å². The van der Waals surface area contributed by atoms with Gasteiger partial charge in [0.25, 0.3) is 0 Å². The number of amides is 1. The lowest BCUT2D eigenvalue weighted by Crippen LogP contribution is -2.37. The smallest absolute Gasteiger partial charge is 0.330 e. The second-order valence-electron chi connectivity index (χ2n) is 3.82. The van der Waals surface area contributed by atoms with Crippen LogP contribution in [-0.4, -0.2) is 37.4 Å². The van der Waals surface area contributed by atoms with Crippen LogP contribution >= 0.6 is 0 Å². The number of hydrogen-bond donors (Lipinski definition) is 2. The highest BCUT2D eigenvalue weighted by atomic mass is 32.2. The summed E-state index contributed by atoms with van der Waals surface area (Å²) in [5.74, 6) is -2.82. The Hall–Kier alpha value is -1.89. The van der Waals surface area contributed by atoms with Crippen molar-refractivity contribution in [3.63, 3.8) is 0 Å². The highest BCUT2D eigenvalue weighted by Crippen LogP contribution is 2.12. The van der Waals surface area contributed by atoms with Crippen LogP contribution in [0.25, 0.3) is 0 Å². The topological polar surface area (TPSA) is 101 Å². The van der Waals surface area contributed by atoms with Crippen molar-refractivity contribution in [2.24, 2.45) is 0 Å². The fraction of sp³-hybridized carbons (Fsp3) is 0.273. The fourth-order valence-electron chi connectivity index (χ4n) is 1.37. The molecular weight excluding hydrogens is 258 g/mol. The Morgan fingerprint density at radius 2 is 1.83 bits per heavy atom. The van der Waals surface area contributed by atoms with Crippen LogP contribution in [0, 0.1) is 0 Å². The molecule has 0 saturated carbocycles. The number of benzene rings is 1. The molecule has 0 spiro atoms. The van der Waals surface area contributed by atoms with Gasteiger partial charge in [-0.25, -0.2) is 13.2 Å². The number of carbonyl (C=O) groups is 2. The summed E-state index contributed by atoms with van der Waals surface area (Å²) in [5, 5.41) is 11.2. The van der Waals surface area contributed by atoms with E-state index in [2.05, 4.69) is 5.32 Å². The second kappa shape index (κ2) is 5.63. The zero-order chi connectivity index (χ0) is 13.8. The number of carboxylic acid groups (broad SMARTS) is 1. The molecule has 0 unspecified atom stereocenters. The fourth-order valence-corrected chi connectivity index (χ4v) is 1.93. The standard InChI is InChI=1S/C11H13NO5S/c1-18(16,17)7-9(13)12-10(11(14)15)8-5-3-2-4-6-8/h2-6,10H,7H2,1H3,(H,12,13)(H,14,15)/t10-/m1/s1. The molecule has 6 nitrogen and oxygen atoms in total. The maximum absolute atomic E-state index is 11.4. The Morgan fingerprint density at radius 1 is 1.28 bits per heavy atom. The molecule has 1 atom stereocenters. The molecule has 0 radical (unpaired) electrons. The lowest BCUT2D eigenvalue weighted by molar-refractivity contribution is -0.141. The van der Waals surface area contributed by atoms with Gasteiger partial charge in [-0.05, 0) is 5.56 Å². The Bertz CT molecular complexity index is 538. The van der Waals surface area contributed by atoms with Crippen molar-refractivity contribution >= 4 is 21.7 Å². The number of sulfone groups is 1. The van der Waals surface area contributed by atoms with Crippen LogP contribution in [0.4, 0.5) is 0 Å². The van der Waals surface area contributed by atoms with Crippen molar-refractivity contribution in [2.45, 2.75) is 6.04 Å². The first-order chi connectivity index (χ1) is 8.29. The first kappa shape index (κ1) is 14.2. The van der Waals surface area contributed by atoms with E-state index < -0.39 is 33.5 Å². The van der Waals surface area contributed by atoms with Crippen LogP contribution in [0.15, 0.2) is 30.3 Å². The quantitative estimate of drug-likeness (QED) is 0.783. The highest BCUT2D eigenvalue weighted by Gasteiger charge is 2.23. The maximum atomic E-state index is 11.4. The van der Waals surface area contributed by atoms with E-state index in [0.717, 1.165) is 6.26 Å². The number of carbonyl (C=O) groups excluding carboxylic acids is 1. The Morgan fingerprint density at radius 3 is 2.28 bits per heavy atom. The van der Waals surface area contributed by atoms with Crippen molar-refractivity contribution in [3.05, 3.63) is 35.9 Å². The van der Waals surface area contributed by atoms with Gasteiger partial charge in [0, 0.05) is 6.26 Å². The number of aliphatic carboxylic acids is 1. The third kappa shape index (κ3) is 4.54.